The Kier molecular flexibility index (Phi) is 5.69. The number of nitrogens with two attached hydrogens (primary N) is 1. The molecule has 0 fully saturated rings. The first-order valence-electron chi connectivity index (χ1n) is 8.21. The Morgan fingerprint density at radius 2 is 1.93 bits per heavy atom. The standard InChI is InChI=1S/C19H19N3O3S2/c1-13-5-7-15(8-6-13)19-22-16(12-26-19)10-18(23)21-11-14-3-2-4-17(9-14)27(20,24)25/h2-9,12H,10-11H2,1H3,(H,21,23)(H2,20,24,25). The van der Waals surface area contributed by atoms with Crippen molar-refractivity contribution in [2.45, 2.75) is 24.8 Å². The number of amides is 1. The normalized spacial score (nSPS) is 11.3. The predicted molar refractivity (Wildman–Crippen MR) is 106 cm³/mol. The van der Waals surface area contributed by atoms with Crippen molar-refractivity contribution in [1.82, 2.24) is 10.3 Å². The Labute approximate surface area is 162 Å². The first-order chi connectivity index (χ1) is 12.8. The minimum absolute atomic E-state index is 0.0245. The lowest BCUT2D eigenvalue weighted by molar-refractivity contribution is -0.120. The fraction of sp³-hybridized carbons (Fsp3) is 0.158. The summed E-state index contributed by atoms with van der Waals surface area (Å²) in [7, 11) is -3.76. The van der Waals surface area contributed by atoms with Gasteiger partial charge in [-0.3, -0.25) is 4.79 Å². The van der Waals surface area contributed by atoms with Crippen LogP contribution in [0.1, 0.15) is 16.8 Å². The summed E-state index contributed by atoms with van der Waals surface area (Å²) in [6.07, 6.45) is 0.164. The molecule has 0 atom stereocenters. The predicted octanol–water partition coefficient (Wildman–Crippen LogP) is 2.62. The van der Waals surface area contributed by atoms with E-state index in [2.05, 4.69) is 10.3 Å². The summed E-state index contributed by atoms with van der Waals surface area (Å²) in [6, 6.07) is 14.3. The second-order valence-electron chi connectivity index (χ2n) is 6.16. The number of carbonyl (C=O) groups is 1. The van der Waals surface area contributed by atoms with Crippen molar-refractivity contribution in [2.24, 2.45) is 5.14 Å². The van der Waals surface area contributed by atoms with Crippen molar-refractivity contribution >= 4 is 27.3 Å². The van der Waals surface area contributed by atoms with Gasteiger partial charge in [0.15, 0.2) is 0 Å². The van der Waals surface area contributed by atoms with Gasteiger partial charge in [-0.05, 0) is 24.6 Å². The van der Waals surface area contributed by atoms with E-state index >= 15 is 0 Å². The van der Waals surface area contributed by atoms with Crippen LogP contribution in [0.3, 0.4) is 0 Å². The molecule has 1 heterocycles. The largest absolute Gasteiger partial charge is 0.352 e. The Hall–Kier alpha value is -2.55. The molecule has 0 aliphatic heterocycles. The lowest BCUT2D eigenvalue weighted by atomic mass is 10.2. The van der Waals surface area contributed by atoms with Crippen LogP contribution in [0.15, 0.2) is 58.8 Å². The molecule has 2 aromatic carbocycles. The topological polar surface area (TPSA) is 102 Å². The number of nitrogens with zero attached hydrogens (tertiary/aromatic N) is 1. The molecular weight excluding hydrogens is 382 g/mol. The Bertz CT molecular complexity index is 1060. The summed E-state index contributed by atoms with van der Waals surface area (Å²) in [5.74, 6) is -0.184. The first kappa shape index (κ1) is 19.2. The number of nitrogens with one attached hydrogen (secondary N) is 1. The second kappa shape index (κ2) is 7.99. The maximum Gasteiger partial charge on any atom is 0.238 e. The third-order valence-electron chi connectivity index (χ3n) is 3.91. The highest BCUT2D eigenvalue weighted by atomic mass is 32.2. The van der Waals surface area contributed by atoms with Crippen LogP contribution >= 0.6 is 11.3 Å². The zero-order valence-electron chi connectivity index (χ0n) is 14.7. The highest BCUT2D eigenvalue weighted by Gasteiger charge is 2.11. The van der Waals surface area contributed by atoms with Crippen LogP contribution in [0.25, 0.3) is 10.6 Å². The average molecular weight is 402 g/mol. The number of benzene rings is 2. The first-order valence-corrected chi connectivity index (χ1v) is 10.6. The van der Waals surface area contributed by atoms with Crippen molar-refractivity contribution in [1.29, 1.82) is 0 Å². The Morgan fingerprint density at radius 1 is 1.19 bits per heavy atom. The van der Waals surface area contributed by atoms with E-state index in [4.69, 9.17) is 5.14 Å². The minimum atomic E-state index is -3.76. The van der Waals surface area contributed by atoms with Gasteiger partial charge >= 0.3 is 0 Å². The lowest BCUT2D eigenvalue weighted by Gasteiger charge is -2.06. The van der Waals surface area contributed by atoms with Crippen molar-refractivity contribution in [3.63, 3.8) is 0 Å². The van der Waals surface area contributed by atoms with Crippen LogP contribution in [0.4, 0.5) is 0 Å². The van der Waals surface area contributed by atoms with Gasteiger partial charge in [-0.1, -0.05) is 42.0 Å². The van der Waals surface area contributed by atoms with Crippen molar-refractivity contribution in [3.05, 3.63) is 70.7 Å². The molecule has 8 heteroatoms. The SMILES string of the molecule is Cc1ccc(-c2nc(CC(=O)NCc3cccc(S(N)(=O)=O)c3)cs2)cc1. The van der Waals surface area contributed by atoms with Gasteiger partial charge < -0.3 is 5.32 Å². The molecule has 0 radical (unpaired) electrons. The Balaban J connectivity index is 1.59. The van der Waals surface area contributed by atoms with Crippen molar-refractivity contribution in [2.75, 3.05) is 0 Å². The van der Waals surface area contributed by atoms with E-state index in [1.807, 2.05) is 36.6 Å². The third-order valence-corrected chi connectivity index (χ3v) is 5.76. The number of aryl methyl sites for hydroxylation is 1. The molecule has 0 aliphatic carbocycles. The molecule has 0 spiro atoms. The molecule has 0 aliphatic rings. The number of thiazole rings is 1. The number of aromatic nitrogens is 1. The fourth-order valence-electron chi connectivity index (χ4n) is 2.48. The van der Waals surface area contributed by atoms with E-state index in [1.54, 1.807) is 12.1 Å². The molecule has 3 rings (SSSR count). The molecule has 0 saturated carbocycles. The van der Waals surface area contributed by atoms with Crippen molar-refractivity contribution < 1.29 is 13.2 Å². The van der Waals surface area contributed by atoms with Crippen LogP contribution in [0, 0.1) is 6.92 Å². The highest BCUT2D eigenvalue weighted by molar-refractivity contribution is 7.89. The molecule has 140 valence electrons. The quantitative estimate of drug-likeness (QED) is 0.663. The third kappa shape index (κ3) is 5.22. The van der Waals surface area contributed by atoms with E-state index in [9.17, 15) is 13.2 Å². The fourth-order valence-corrected chi connectivity index (χ4v) is 3.89. The molecule has 27 heavy (non-hydrogen) atoms. The molecule has 0 saturated heterocycles. The van der Waals surface area contributed by atoms with Gasteiger partial charge in [0.2, 0.25) is 15.9 Å². The summed E-state index contributed by atoms with van der Waals surface area (Å²) >= 11 is 1.50. The van der Waals surface area contributed by atoms with Crippen LogP contribution < -0.4 is 10.5 Å². The molecule has 1 amide bonds. The molecular formula is C19H19N3O3S2. The van der Waals surface area contributed by atoms with Gasteiger partial charge in [0.1, 0.15) is 5.01 Å². The molecule has 1 aromatic heterocycles. The van der Waals surface area contributed by atoms with Gasteiger partial charge in [0, 0.05) is 17.5 Å². The van der Waals surface area contributed by atoms with E-state index < -0.39 is 10.0 Å². The number of primary sulfonamides is 1. The molecule has 3 aromatic rings. The number of sulfonamides is 1. The summed E-state index contributed by atoms with van der Waals surface area (Å²) in [6.45, 7) is 2.25. The van der Waals surface area contributed by atoms with Crippen LogP contribution in [-0.2, 0) is 27.8 Å². The van der Waals surface area contributed by atoms with E-state index in [-0.39, 0.29) is 23.8 Å². The summed E-state index contributed by atoms with van der Waals surface area (Å²) in [5, 5.41) is 10.6. The summed E-state index contributed by atoms with van der Waals surface area (Å²) in [4.78, 5) is 16.7. The van der Waals surface area contributed by atoms with Gasteiger partial charge in [-0.25, -0.2) is 18.5 Å². The maximum absolute atomic E-state index is 12.2. The van der Waals surface area contributed by atoms with Gasteiger partial charge in [-0.15, -0.1) is 11.3 Å². The number of carbonyl (C=O) groups excluding carboxylic acids is 1. The average Bonchev–Trinajstić information content (AvgIpc) is 3.08. The second-order valence-corrected chi connectivity index (χ2v) is 8.58. The van der Waals surface area contributed by atoms with E-state index in [0.717, 1.165) is 10.6 Å². The molecule has 0 unspecified atom stereocenters. The van der Waals surface area contributed by atoms with Crippen LogP contribution in [-0.4, -0.2) is 19.3 Å². The van der Waals surface area contributed by atoms with Gasteiger partial charge in [-0.2, -0.15) is 0 Å². The monoisotopic (exact) mass is 401 g/mol. The number of hydrogen-bond acceptors (Lipinski definition) is 5. The Morgan fingerprint density at radius 3 is 2.63 bits per heavy atom. The minimum Gasteiger partial charge on any atom is -0.352 e. The van der Waals surface area contributed by atoms with Crippen molar-refractivity contribution in [3.8, 4) is 10.6 Å². The zero-order valence-corrected chi connectivity index (χ0v) is 16.3. The summed E-state index contributed by atoms with van der Waals surface area (Å²) < 4.78 is 22.8. The van der Waals surface area contributed by atoms with Crippen LogP contribution in [0.2, 0.25) is 0 Å². The van der Waals surface area contributed by atoms with Gasteiger partial charge in [0.25, 0.3) is 0 Å². The molecule has 0 bridgehead atoms. The van der Waals surface area contributed by atoms with Crippen LogP contribution in [0.5, 0.6) is 0 Å². The number of rotatable bonds is 6. The lowest BCUT2D eigenvalue weighted by Crippen LogP contribution is -2.24. The van der Waals surface area contributed by atoms with Gasteiger partial charge in [0.05, 0.1) is 17.0 Å². The zero-order chi connectivity index (χ0) is 19.4. The molecule has 3 N–H and O–H groups in total. The smallest absolute Gasteiger partial charge is 0.238 e. The van der Waals surface area contributed by atoms with E-state index in [1.165, 1.54) is 29.0 Å². The summed E-state index contributed by atoms with van der Waals surface area (Å²) in [5.41, 5.74) is 3.57. The maximum atomic E-state index is 12.2. The number of hydrogen-bond donors (Lipinski definition) is 2. The van der Waals surface area contributed by atoms with E-state index in [0.29, 0.717) is 11.3 Å². The highest BCUT2D eigenvalue weighted by Crippen LogP contribution is 2.24. The molecule has 6 nitrogen and oxygen atoms in total.